The minimum absolute atomic E-state index is 0.501. The smallest absolute Gasteiger partial charge is 0.231 e. The van der Waals surface area contributed by atoms with Crippen molar-refractivity contribution >= 4 is 50.8 Å². The van der Waals surface area contributed by atoms with Gasteiger partial charge in [-0.25, -0.2) is 8.42 Å². The average molecular weight is 357 g/mol. The first-order valence-corrected chi connectivity index (χ1v) is 8.91. The second-order valence-corrected chi connectivity index (χ2v) is 7.53. The van der Waals surface area contributed by atoms with Crippen LogP contribution in [0.25, 0.3) is 0 Å². The van der Waals surface area contributed by atoms with Crippen LogP contribution in [-0.2, 0) is 10.0 Å². The van der Waals surface area contributed by atoms with Crippen LogP contribution in [0, 0.1) is 0 Å². The van der Waals surface area contributed by atoms with Crippen LogP contribution >= 0.6 is 23.2 Å². The van der Waals surface area contributed by atoms with Crippen LogP contribution in [0.3, 0.4) is 0 Å². The minimum Gasteiger partial charge on any atom is -0.273 e. The Balaban J connectivity index is 2.29. The molecule has 0 spiro atoms. The van der Waals surface area contributed by atoms with Crippen LogP contribution < -0.4 is 4.31 Å². The summed E-state index contributed by atoms with van der Waals surface area (Å²) in [5.41, 5.74) is 1.89. The van der Waals surface area contributed by atoms with Crippen molar-refractivity contribution in [3.63, 3.8) is 0 Å². The highest BCUT2D eigenvalue weighted by molar-refractivity contribution is 7.92. The Morgan fingerprint density at radius 1 is 1.14 bits per heavy atom. The number of hydrogen-bond donors (Lipinski definition) is 0. The molecule has 0 saturated heterocycles. The van der Waals surface area contributed by atoms with Crippen LogP contribution in [0.4, 0.5) is 11.4 Å². The predicted octanol–water partition coefficient (Wildman–Crippen LogP) is 4.14. The maximum absolute atomic E-state index is 11.6. The summed E-state index contributed by atoms with van der Waals surface area (Å²) in [5.74, 6) is 0. The van der Waals surface area contributed by atoms with Crippen LogP contribution in [0.5, 0.6) is 0 Å². The van der Waals surface area contributed by atoms with E-state index >= 15 is 0 Å². The molecule has 22 heavy (non-hydrogen) atoms. The molecule has 0 heterocycles. The Kier molecular flexibility index (Phi) is 5.11. The van der Waals surface area contributed by atoms with E-state index in [1.807, 2.05) is 0 Å². The Bertz CT molecular complexity index is 820. The third kappa shape index (κ3) is 4.22. The predicted molar refractivity (Wildman–Crippen MR) is 93.4 cm³/mol. The summed E-state index contributed by atoms with van der Waals surface area (Å²) >= 11 is 11.9. The second kappa shape index (κ2) is 6.69. The highest BCUT2D eigenvalue weighted by atomic mass is 35.5. The average Bonchev–Trinajstić information content (AvgIpc) is 2.45. The highest BCUT2D eigenvalue weighted by Gasteiger charge is 2.11. The molecule has 0 aliphatic rings. The summed E-state index contributed by atoms with van der Waals surface area (Å²) in [4.78, 5) is 4.32. The van der Waals surface area contributed by atoms with Gasteiger partial charge in [-0.2, -0.15) is 0 Å². The molecule has 7 heteroatoms. The fraction of sp³-hybridized carbons (Fsp3) is 0.133. The zero-order valence-corrected chi connectivity index (χ0v) is 14.3. The molecule has 0 saturated carbocycles. The van der Waals surface area contributed by atoms with Gasteiger partial charge in [0.2, 0.25) is 10.0 Å². The topological polar surface area (TPSA) is 49.7 Å². The van der Waals surface area contributed by atoms with Gasteiger partial charge in [-0.1, -0.05) is 35.3 Å². The standard InChI is InChI=1S/C15H14Cl2N2O2S/c1-19(22(2,20)21)14-5-3-4-13(9-14)18-10-11-6-7-12(16)8-15(11)17/h3-10H,1-2H3. The summed E-state index contributed by atoms with van der Waals surface area (Å²) in [5, 5.41) is 1.06. The quantitative estimate of drug-likeness (QED) is 0.772. The van der Waals surface area contributed by atoms with E-state index in [1.54, 1.807) is 48.7 Å². The SMILES string of the molecule is CN(c1cccc(N=Cc2ccc(Cl)cc2Cl)c1)S(C)(=O)=O. The molecule has 0 aromatic heterocycles. The van der Waals surface area contributed by atoms with Crippen molar-refractivity contribution in [3.05, 3.63) is 58.1 Å². The molecule has 0 aliphatic heterocycles. The number of anilines is 1. The van der Waals surface area contributed by atoms with Gasteiger partial charge < -0.3 is 0 Å². The summed E-state index contributed by atoms with van der Waals surface area (Å²) in [6.07, 6.45) is 2.76. The van der Waals surface area contributed by atoms with Gasteiger partial charge in [0.05, 0.1) is 22.7 Å². The fourth-order valence-electron chi connectivity index (χ4n) is 1.71. The van der Waals surface area contributed by atoms with Crippen molar-refractivity contribution in [2.24, 2.45) is 4.99 Å². The van der Waals surface area contributed by atoms with Crippen LogP contribution in [0.15, 0.2) is 47.5 Å². The third-order valence-corrected chi connectivity index (χ3v) is 4.77. The first-order valence-electron chi connectivity index (χ1n) is 6.30. The summed E-state index contributed by atoms with van der Waals surface area (Å²) in [6, 6.07) is 12.0. The number of sulfonamides is 1. The number of halogens is 2. The molecule has 4 nitrogen and oxygen atoms in total. The lowest BCUT2D eigenvalue weighted by atomic mass is 10.2. The largest absolute Gasteiger partial charge is 0.273 e. The van der Waals surface area contributed by atoms with E-state index in [0.29, 0.717) is 21.4 Å². The van der Waals surface area contributed by atoms with Crippen LogP contribution in [0.2, 0.25) is 10.0 Å². The number of nitrogens with zero attached hydrogens (tertiary/aromatic N) is 2. The lowest BCUT2D eigenvalue weighted by molar-refractivity contribution is 0.600. The van der Waals surface area contributed by atoms with Gasteiger partial charge in [0, 0.05) is 23.8 Å². The lowest BCUT2D eigenvalue weighted by Crippen LogP contribution is -2.24. The highest BCUT2D eigenvalue weighted by Crippen LogP contribution is 2.24. The summed E-state index contributed by atoms with van der Waals surface area (Å²) < 4.78 is 24.3. The van der Waals surface area contributed by atoms with Gasteiger partial charge in [0.25, 0.3) is 0 Å². The van der Waals surface area contributed by atoms with Crippen molar-refractivity contribution in [2.45, 2.75) is 0 Å². The minimum atomic E-state index is -3.31. The van der Waals surface area contributed by atoms with Gasteiger partial charge in [-0.3, -0.25) is 9.30 Å². The molecule has 0 unspecified atom stereocenters. The zero-order chi connectivity index (χ0) is 16.3. The molecule has 0 aliphatic carbocycles. The maximum atomic E-state index is 11.6. The van der Waals surface area contributed by atoms with Gasteiger partial charge in [-0.15, -0.1) is 0 Å². The van der Waals surface area contributed by atoms with E-state index in [1.165, 1.54) is 11.4 Å². The molecule has 116 valence electrons. The van der Waals surface area contributed by atoms with Crippen LogP contribution in [0.1, 0.15) is 5.56 Å². The molecule has 0 N–H and O–H groups in total. The Morgan fingerprint density at radius 3 is 2.50 bits per heavy atom. The molecule has 0 fully saturated rings. The first-order chi connectivity index (χ1) is 10.3. The monoisotopic (exact) mass is 356 g/mol. The Morgan fingerprint density at radius 2 is 1.86 bits per heavy atom. The fourth-order valence-corrected chi connectivity index (χ4v) is 2.66. The molecular weight excluding hydrogens is 343 g/mol. The molecule has 0 radical (unpaired) electrons. The molecule has 0 amide bonds. The van der Waals surface area contributed by atoms with Gasteiger partial charge in [-0.05, 0) is 30.3 Å². The van der Waals surface area contributed by atoms with Crippen molar-refractivity contribution < 1.29 is 8.42 Å². The van der Waals surface area contributed by atoms with Crippen molar-refractivity contribution in [1.82, 2.24) is 0 Å². The number of aliphatic imine (C=N–C) groups is 1. The summed E-state index contributed by atoms with van der Waals surface area (Å²) in [7, 11) is -1.81. The number of benzene rings is 2. The van der Waals surface area contributed by atoms with Gasteiger partial charge in [0.1, 0.15) is 0 Å². The normalized spacial score (nSPS) is 11.8. The molecule has 2 rings (SSSR count). The van der Waals surface area contributed by atoms with Gasteiger partial charge in [0.15, 0.2) is 0 Å². The zero-order valence-electron chi connectivity index (χ0n) is 12.0. The molecule has 0 atom stereocenters. The maximum Gasteiger partial charge on any atom is 0.231 e. The Labute approximate surface area is 140 Å². The third-order valence-electron chi connectivity index (χ3n) is 3.01. The first kappa shape index (κ1) is 16.8. The van der Waals surface area contributed by atoms with E-state index in [2.05, 4.69) is 4.99 Å². The van der Waals surface area contributed by atoms with Crippen molar-refractivity contribution in [3.8, 4) is 0 Å². The number of rotatable bonds is 4. The van der Waals surface area contributed by atoms with E-state index in [-0.39, 0.29) is 0 Å². The number of hydrogen-bond acceptors (Lipinski definition) is 3. The molecule has 2 aromatic rings. The molecule has 0 bridgehead atoms. The van der Waals surface area contributed by atoms with E-state index in [9.17, 15) is 8.42 Å². The van der Waals surface area contributed by atoms with Crippen molar-refractivity contribution in [1.29, 1.82) is 0 Å². The summed E-state index contributed by atoms with van der Waals surface area (Å²) in [6.45, 7) is 0. The Hall–Kier alpha value is -1.56. The van der Waals surface area contributed by atoms with Gasteiger partial charge >= 0.3 is 0 Å². The lowest BCUT2D eigenvalue weighted by Gasteiger charge is -2.16. The molecular formula is C15H14Cl2N2O2S. The second-order valence-electron chi connectivity index (χ2n) is 4.67. The van der Waals surface area contributed by atoms with Crippen LogP contribution in [-0.4, -0.2) is 27.9 Å². The van der Waals surface area contributed by atoms with E-state index in [0.717, 1.165) is 11.8 Å². The van der Waals surface area contributed by atoms with E-state index in [4.69, 9.17) is 23.2 Å². The molecule has 2 aromatic carbocycles. The van der Waals surface area contributed by atoms with Crippen molar-refractivity contribution in [2.75, 3.05) is 17.6 Å². The van der Waals surface area contributed by atoms with E-state index < -0.39 is 10.0 Å².